The van der Waals surface area contributed by atoms with Crippen molar-refractivity contribution >= 4 is 12.2 Å². The Morgan fingerprint density at radius 2 is 2.17 bits per heavy atom. The molecule has 0 radical (unpaired) electrons. The van der Waals surface area contributed by atoms with Gasteiger partial charge >= 0.3 is 0 Å². The van der Waals surface area contributed by atoms with Crippen LogP contribution in [0.3, 0.4) is 0 Å². The first-order chi connectivity index (χ1) is 8.43. The van der Waals surface area contributed by atoms with Crippen LogP contribution >= 0.6 is 12.2 Å². The highest BCUT2D eigenvalue weighted by molar-refractivity contribution is 7.71. The highest BCUT2D eigenvalue weighted by atomic mass is 32.1. The van der Waals surface area contributed by atoms with Gasteiger partial charge in [0.15, 0.2) is 4.77 Å². The molecule has 0 spiro atoms. The number of hydrogen-bond acceptors (Lipinski definition) is 2. The molecule has 1 unspecified atom stereocenters. The number of aromatic amines is 1. The summed E-state index contributed by atoms with van der Waals surface area (Å²) >= 11 is 5.44. The van der Waals surface area contributed by atoms with Crippen molar-refractivity contribution in [2.45, 2.75) is 58.5 Å². The molecule has 1 atom stereocenters. The number of nitrogens with zero attached hydrogens (tertiary/aromatic N) is 2. The van der Waals surface area contributed by atoms with E-state index in [1.54, 1.807) is 0 Å². The number of hydrogen-bond donors (Lipinski definition) is 1. The van der Waals surface area contributed by atoms with Crippen LogP contribution in [0.15, 0.2) is 6.20 Å². The van der Waals surface area contributed by atoms with Crippen molar-refractivity contribution in [1.82, 2.24) is 14.5 Å². The van der Waals surface area contributed by atoms with Crippen molar-refractivity contribution < 1.29 is 0 Å². The van der Waals surface area contributed by atoms with E-state index in [2.05, 4.69) is 48.3 Å². The predicted molar refractivity (Wildman–Crippen MR) is 78.6 cm³/mol. The van der Waals surface area contributed by atoms with Crippen LogP contribution in [0.25, 0.3) is 0 Å². The van der Waals surface area contributed by atoms with Gasteiger partial charge in [0.25, 0.3) is 0 Å². The van der Waals surface area contributed by atoms with E-state index in [0.29, 0.717) is 6.04 Å². The van der Waals surface area contributed by atoms with E-state index in [-0.39, 0.29) is 5.41 Å². The molecule has 1 N–H and O–H groups in total. The summed E-state index contributed by atoms with van der Waals surface area (Å²) in [4.78, 5) is 5.78. The maximum Gasteiger partial charge on any atom is 0.177 e. The molecule has 2 heterocycles. The monoisotopic (exact) mass is 267 g/mol. The fraction of sp³-hybridized carbons (Fsp3) is 0.786. The van der Waals surface area contributed by atoms with Gasteiger partial charge in [0, 0.05) is 29.9 Å². The lowest BCUT2D eigenvalue weighted by molar-refractivity contribution is 0.240. The number of nitrogens with one attached hydrogen (secondary N) is 1. The van der Waals surface area contributed by atoms with Gasteiger partial charge in [0.1, 0.15) is 0 Å². The summed E-state index contributed by atoms with van der Waals surface area (Å²) in [6.45, 7) is 12.4. The van der Waals surface area contributed by atoms with Crippen LogP contribution in [0, 0.1) is 4.77 Å². The highest BCUT2D eigenvalue weighted by Gasteiger charge is 2.26. The number of rotatable bonds is 3. The minimum Gasteiger partial charge on any atom is -0.337 e. The Hall–Kier alpha value is -0.610. The van der Waals surface area contributed by atoms with Gasteiger partial charge in [-0.3, -0.25) is 4.90 Å². The van der Waals surface area contributed by atoms with E-state index in [1.807, 2.05) is 0 Å². The van der Waals surface area contributed by atoms with E-state index in [9.17, 15) is 0 Å². The summed E-state index contributed by atoms with van der Waals surface area (Å²) in [5.74, 6) is 0. The summed E-state index contributed by atoms with van der Waals surface area (Å²) in [5, 5.41) is 0. The number of imidazole rings is 1. The molecule has 1 aromatic heterocycles. The molecule has 1 aliphatic rings. The van der Waals surface area contributed by atoms with E-state index in [1.165, 1.54) is 25.1 Å². The molecular weight excluding hydrogens is 242 g/mol. The Kier molecular flexibility index (Phi) is 3.97. The molecule has 1 saturated heterocycles. The smallest absolute Gasteiger partial charge is 0.177 e. The number of likely N-dealkylation sites (tertiary alicyclic amines) is 1. The molecule has 4 heteroatoms. The summed E-state index contributed by atoms with van der Waals surface area (Å²) in [6, 6.07) is 0.651. The lowest BCUT2D eigenvalue weighted by Crippen LogP contribution is -2.34. The van der Waals surface area contributed by atoms with Crippen molar-refractivity contribution in [2.75, 3.05) is 13.1 Å². The minimum atomic E-state index is 0.142. The Morgan fingerprint density at radius 3 is 2.78 bits per heavy atom. The van der Waals surface area contributed by atoms with Crippen molar-refractivity contribution in [3.63, 3.8) is 0 Å². The molecule has 102 valence electrons. The lowest BCUT2D eigenvalue weighted by atomic mass is 9.92. The average Bonchev–Trinajstić information content (AvgIpc) is 2.86. The predicted octanol–water partition coefficient (Wildman–Crippen LogP) is 3.33. The van der Waals surface area contributed by atoms with E-state index in [0.717, 1.165) is 17.9 Å². The third-order valence-corrected chi connectivity index (χ3v) is 4.27. The molecule has 3 nitrogen and oxygen atoms in total. The first-order valence-electron chi connectivity index (χ1n) is 6.96. The van der Waals surface area contributed by atoms with Crippen LogP contribution < -0.4 is 0 Å². The Balaban J connectivity index is 2.24. The summed E-state index contributed by atoms with van der Waals surface area (Å²) in [5.41, 5.74) is 1.46. The van der Waals surface area contributed by atoms with Gasteiger partial charge < -0.3 is 9.55 Å². The lowest BCUT2D eigenvalue weighted by Gasteiger charge is -2.26. The van der Waals surface area contributed by atoms with Gasteiger partial charge in [-0.15, -0.1) is 0 Å². The molecule has 0 aliphatic carbocycles. The first kappa shape index (κ1) is 13.8. The third-order valence-electron chi connectivity index (χ3n) is 3.94. The molecule has 18 heavy (non-hydrogen) atoms. The van der Waals surface area contributed by atoms with Gasteiger partial charge in [-0.25, -0.2) is 0 Å². The zero-order valence-corrected chi connectivity index (χ0v) is 12.8. The SMILES string of the molecule is CCN1CCCC1Cn1c(C(C)(C)C)c[nH]c1=S. The molecule has 2 rings (SSSR count). The number of H-pyrrole nitrogens is 1. The van der Waals surface area contributed by atoms with E-state index in [4.69, 9.17) is 12.2 Å². The molecule has 0 aromatic carbocycles. The van der Waals surface area contributed by atoms with E-state index < -0.39 is 0 Å². The Labute approximate surface area is 115 Å². The maximum atomic E-state index is 5.44. The fourth-order valence-electron chi connectivity index (χ4n) is 2.93. The largest absolute Gasteiger partial charge is 0.337 e. The molecule has 1 fully saturated rings. The standard InChI is InChI=1S/C14H25N3S/c1-5-16-8-6-7-11(16)10-17-12(14(2,3)4)9-15-13(17)18/h9,11H,5-8,10H2,1-4H3,(H,15,18). The van der Waals surface area contributed by atoms with Gasteiger partial charge in [0.05, 0.1) is 0 Å². The van der Waals surface area contributed by atoms with Gasteiger partial charge in [-0.05, 0) is 38.1 Å². The molecule has 0 bridgehead atoms. The maximum absolute atomic E-state index is 5.44. The van der Waals surface area contributed by atoms with Crippen molar-refractivity contribution in [3.05, 3.63) is 16.7 Å². The van der Waals surface area contributed by atoms with E-state index >= 15 is 0 Å². The molecule has 1 aromatic rings. The second-order valence-corrected chi connectivity index (χ2v) is 6.65. The van der Waals surface area contributed by atoms with Crippen LogP contribution in [-0.4, -0.2) is 33.6 Å². The zero-order valence-electron chi connectivity index (χ0n) is 12.0. The summed E-state index contributed by atoms with van der Waals surface area (Å²) < 4.78 is 3.16. The average molecular weight is 267 g/mol. The van der Waals surface area contributed by atoms with Crippen molar-refractivity contribution in [2.24, 2.45) is 0 Å². The van der Waals surface area contributed by atoms with Crippen LogP contribution in [0.4, 0.5) is 0 Å². The second kappa shape index (κ2) is 5.17. The highest BCUT2D eigenvalue weighted by Crippen LogP contribution is 2.25. The quantitative estimate of drug-likeness (QED) is 0.849. The summed E-state index contributed by atoms with van der Waals surface area (Å²) in [7, 11) is 0. The van der Waals surface area contributed by atoms with Crippen molar-refractivity contribution in [3.8, 4) is 0 Å². The normalized spacial score (nSPS) is 21.7. The number of aromatic nitrogens is 2. The zero-order chi connectivity index (χ0) is 13.3. The minimum absolute atomic E-state index is 0.142. The van der Waals surface area contributed by atoms with Crippen LogP contribution in [-0.2, 0) is 12.0 Å². The third kappa shape index (κ3) is 2.69. The first-order valence-corrected chi connectivity index (χ1v) is 7.37. The second-order valence-electron chi connectivity index (χ2n) is 6.26. The van der Waals surface area contributed by atoms with Gasteiger partial charge in [-0.2, -0.15) is 0 Å². The molecular formula is C14H25N3S. The Bertz CT molecular complexity index is 452. The van der Waals surface area contributed by atoms with Crippen LogP contribution in [0.1, 0.15) is 46.2 Å². The molecule has 1 aliphatic heterocycles. The topological polar surface area (TPSA) is 24.0 Å². The number of likely N-dealkylation sites (N-methyl/N-ethyl adjacent to an activating group) is 1. The Morgan fingerprint density at radius 1 is 1.44 bits per heavy atom. The van der Waals surface area contributed by atoms with Crippen molar-refractivity contribution in [1.29, 1.82) is 0 Å². The van der Waals surface area contributed by atoms with Crippen LogP contribution in [0.2, 0.25) is 0 Å². The van der Waals surface area contributed by atoms with Crippen LogP contribution in [0.5, 0.6) is 0 Å². The fourth-order valence-corrected chi connectivity index (χ4v) is 3.16. The summed E-state index contributed by atoms with van der Waals surface area (Å²) in [6.07, 6.45) is 4.69. The molecule has 0 saturated carbocycles. The molecule has 0 amide bonds. The van der Waals surface area contributed by atoms with Gasteiger partial charge in [0.2, 0.25) is 0 Å². The van der Waals surface area contributed by atoms with Gasteiger partial charge in [-0.1, -0.05) is 27.7 Å².